The van der Waals surface area contributed by atoms with Gasteiger partial charge in [0.25, 0.3) is 0 Å². The van der Waals surface area contributed by atoms with E-state index in [1.807, 2.05) is 11.8 Å². The molecule has 3 unspecified atom stereocenters. The molecule has 3 atom stereocenters. The zero-order chi connectivity index (χ0) is 14.0. The van der Waals surface area contributed by atoms with Gasteiger partial charge in [-0.05, 0) is 26.3 Å². The second-order valence-corrected chi connectivity index (χ2v) is 5.92. The molecular formula is C13H24F3N3. The van der Waals surface area contributed by atoms with Crippen molar-refractivity contribution in [1.82, 2.24) is 9.80 Å². The van der Waals surface area contributed by atoms with E-state index in [1.165, 1.54) is 12.8 Å². The molecule has 0 aromatic rings. The third-order valence-corrected chi connectivity index (χ3v) is 4.52. The van der Waals surface area contributed by atoms with Crippen LogP contribution in [-0.4, -0.2) is 60.8 Å². The van der Waals surface area contributed by atoms with E-state index in [9.17, 15) is 13.2 Å². The topological polar surface area (TPSA) is 32.5 Å². The Labute approximate surface area is 112 Å². The van der Waals surface area contributed by atoms with Gasteiger partial charge in [0.05, 0.1) is 5.92 Å². The third kappa shape index (κ3) is 3.61. The van der Waals surface area contributed by atoms with Crippen molar-refractivity contribution in [1.29, 1.82) is 0 Å². The highest BCUT2D eigenvalue weighted by Gasteiger charge is 2.42. The van der Waals surface area contributed by atoms with E-state index in [0.717, 1.165) is 26.1 Å². The number of nitrogens with two attached hydrogens (primary N) is 1. The van der Waals surface area contributed by atoms with E-state index < -0.39 is 12.1 Å². The molecular weight excluding hydrogens is 255 g/mol. The minimum atomic E-state index is -4.18. The number of alkyl halides is 3. The van der Waals surface area contributed by atoms with Crippen LogP contribution in [-0.2, 0) is 0 Å². The summed E-state index contributed by atoms with van der Waals surface area (Å²) >= 11 is 0. The van der Waals surface area contributed by atoms with Crippen molar-refractivity contribution < 1.29 is 13.2 Å². The van der Waals surface area contributed by atoms with Crippen LogP contribution in [0.4, 0.5) is 13.2 Å². The maximum atomic E-state index is 12.8. The van der Waals surface area contributed by atoms with Crippen molar-refractivity contribution in [2.75, 3.05) is 32.7 Å². The average Bonchev–Trinajstić information content (AvgIpc) is 2.34. The number of fused-ring (bicyclic) bond motifs is 1. The summed E-state index contributed by atoms with van der Waals surface area (Å²) in [5.74, 6) is -1.40. The Hall–Kier alpha value is -0.330. The molecule has 112 valence electrons. The molecule has 0 bridgehead atoms. The SMILES string of the molecule is CC1CN2CCCCC2CN1CC(CN)C(F)(F)F. The summed E-state index contributed by atoms with van der Waals surface area (Å²) < 4.78 is 38.5. The van der Waals surface area contributed by atoms with Gasteiger partial charge in [-0.25, -0.2) is 0 Å². The molecule has 0 saturated carbocycles. The highest BCUT2D eigenvalue weighted by molar-refractivity contribution is 4.90. The molecule has 0 aromatic carbocycles. The van der Waals surface area contributed by atoms with Crippen LogP contribution in [0.2, 0.25) is 0 Å². The second kappa shape index (κ2) is 5.97. The van der Waals surface area contributed by atoms with Crippen LogP contribution in [0.25, 0.3) is 0 Å². The summed E-state index contributed by atoms with van der Waals surface area (Å²) in [5.41, 5.74) is 5.30. The molecule has 2 aliphatic rings. The van der Waals surface area contributed by atoms with Gasteiger partial charge in [-0.1, -0.05) is 6.42 Å². The number of rotatable bonds is 3. The van der Waals surface area contributed by atoms with Crippen molar-refractivity contribution in [3.8, 4) is 0 Å². The Morgan fingerprint density at radius 2 is 2.00 bits per heavy atom. The molecule has 3 nitrogen and oxygen atoms in total. The number of nitrogens with zero attached hydrogens (tertiary/aromatic N) is 2. The van der Waals surface area contributed by atoms with Gasteiger partial charge >= 0.3 is 6.18 Å². The Kier molecular flexibility index (Phi) is 4.74. The molecule has 2 N–H and O–H groups in total. The number of piperidine rings is 1. The first kappa shape index (κ1) is 15.1. The summed E-state index contributed by atoms with van der Waals surface area (Å²) in [6.07, 6.45) is -0.652. The molecule has 0 amide bonds. The van der Waals surface area contributed by atoms with E-state index in [2.05, 4.69) is 4.90 Å². The fraction of sp³-hybridized carbons (Fsp3) is 1.00. The lowest BCUT2D eigenvalue weighted by atomic mass is 9.96. The molecule has 0 radical (unpaired) electrons. The van der Waals surface area contributed by atoms with Crippen molar-refractivity contribution in [3.63, 3.8) is 0 Å². The largest absolute Gasteiger partial charge is 0.394 e. The van der Waals surface area contributed by atoms with Crippen molar-refractivity contribution in [2.45, 2.75) is 44.4 Å². The Morgan fingerprint density at radius 3 is 2.63 bits per heavy atom. The molecule has 2 saturated heterocycles. The smallest absolute Gasteiger partial charge is 0.330 e. The third-order valence-electron chi connectivity index (χ3n) is 4.52. The molecule has 2 fully saturated rings. The summed E-state index contributed by atoms with van der Waals surface area (Å²) in [6.45, 7) is 4.50. The summed E-state index contributed by atoms with van der Waals surface area (Å²) in [6, 6.07) is 0.627. The zero-order valence-corrected chi connectivity index (χ0v) is 11.5. The van der Waals surface area contributed by atoms with Gasteiger partial charge in [-0.3, -0.25) is 9.80 Å². The van der Waals surface area contributed by atoms with Gasteiger partial charge in [0.1, 0.15) is 0 Å². The first-order valence-electron chi connectivity index (χ1n) is 7.16. The van der Waals surface area contributed by atoms with E-state index in [-0.39, 0.29) is 19.1 Å². The quantitative estimate of drug-likeness (QED) is 0.853. The molecule has 6 heteroatoms. The predicted octanol–water partition coefficient (Wildman–Crippen LogP) is 1.68. The lowest BCUT2D eigenvalue weighted by Crippen LogP contribution is -2.60. The Bertz CT molecular complexity index is 295. The monoisotopic (exact) mass is 279 g/mol. The molecule has 0 aromatic heterocycles. The number of hydrogen-bond donors (Lipinski definition) is 1. The fourth-order valence-electron chi connectivity index (χ4n) is 3.26. The minimum absolute atomic E-state index is 0.0471. The summed E-state index contributed by atoms with van der Waals surface area (Å²) in [7, 11) is 0. The van der Waals surface area contributed by atoms with Gasteiger partial charge in [-0.2, -0.15) is 13.2 Å². The number of piperazine rings is 1. The van der Waals surface area contributed by atoms with Crippen molar-refractivity contribution in [3.05, 3.63) is 0 Å². The normalized spacial score (nSPS) is 32.1. The van der Waals surface area contributed by atoms with Crippen molar-refractivity contribution >= 4 is 0 Å². The highest BCUT2D eigenvalue weighted by atomic mass is 19.4. The molecule has 19 heavy (non-hydrogen) atoms. The first-order valence-corrected chi connectivity index (χ1v) is 7.16. The van der Waals surface area contributed by atoms with Crippen LogP contribution in [0.15, 0.2) is 0 Å². The number of halogens is 3. The van der Waals surface area contributed by atoms with E-state index >= 15 is 0 Å². The Morgan fingerprint density at radius 1 is 1.26 bits per heavy atom. The standard InChI is InChI=1S/C13H24F3N3/c1-10-7-18-5-3-2-4-12(18)9-19(10)8-11(6-17)13(14,15)16/h10-12H,2-9,17H2,1H3. The van der Waals surface area contributed by atoms with Gasteiger partial charge in [0.2, 0.25) is 0 Å². The van der Waals surface area contributed by atoms with E-state index in [4.69, 9.17) is 5.73 Å². The summed E-state index contributed by atoms with van der Waals surface area (Å²) in [4.78, 5) is 4.42. The predicted molar refractivity (Wildman–Crippen MR) is 68.8 cm³/mol. The second-order valence-electron chi connectivity index (χ2n) is 5.92. The Balaban J connectivity index is 1.96. The molecule has 2 rings (SSSR count). The van der Waals surface area contributed by atoms with E-state index in [0.29, 0.717) is 6.04 Å². The van der Waals surface area contributed by atoms with Crippen LogP contribution in [0.5, 0.6) is 0 Å². The highest BCUT2D eigenvalue weighted by Crippen LogP contribution is 2.29. The van der Waals surface area contributed by atoms with Crippen molar-refractivity contribution in [2.24, 2.45) is 11.7 Å². The molecule has 2 heterocycles. The van der Waals surface area contributed by atoms with Gasteiger partial charge < -0.3 is 5.73 Å². The lowest BCUT2D eigenvalue weighted by molar-refractivity contribution is -0.179. The minimum Gasteiger partial charge on any atom is -0.330 e. The zero-order valence-electron chi connectivity index (χ0n) is 11.5. The number of hydrogen-bond acceptors (Lipinski definition) is 3. The fourth-order valence-corrected chi connectivity index (χ4v) is 3.26. The molecule has 0 aliphatic carbocycles. The lowest BCUT2D eigenvalue weighted by Gasteiger charge is -2.48. The molecule has 2 aliphatic heterocycles. The maximum absolute atomic E-state index is 12.8. The van der Waals surface area contributed by atoms with E-state index in [1.54, 1.807) is 0 Å². The van der Waals surface area contributed by atoms with Gasteiger partial charge in [-0.15, -0.1) is 0 Å². The van der Waals surface area contributed by atoms with Gasteiger partial charge in [0, 0.05) is 38.3 Å². The van der Waals surface area contributed by atoms with Crippen LogP contribution in [0, 0.1) is 5.92 Å². The summed E-state index contributed by atoms with van der Waals surface area (Å²) in [5, 5.41) is 0. The van der Waals surface area contributed by atoms with Crippen LogP contribution < -0.4 is 5.73 Å². The van der Waals surface area contributed by atoms with Gasteiger partial charge in [0.15, 0.2) is 0 Å². The average molecular weight is 279 g/mol. The van der Waals surface area contributed by atoms with Crippen LogP contribution in [0.3, 0.4) is 0 Å². The van der Waals surface area contributed by atoms with Crippen LogP contribution >= 0.6 is 0 Å². The van der Waals surface area contributed by atoms with Crippen LogP contribution in [0.1, 0.15) is 26.2 Å². The molecule has 0 spiro atoms. The maximum Gasteiger partial charge on any atom is 0.394 e. The first-order chi connectivity index (χ1) is 8.91.